The Balaban J connectivity index is 1.69. The zero-order chi connectivity index (χ0) is 21.3. The molecular formula is C23H23N3O3S. The Morgan fingerprint density at radius 2 is 2.00 bits per heavy atom. The average molecular weight is 422 g/mol. The molecule has 2 heterocycles. The van der Waals surface area contributed by atoms with Gasteiger partial charge >= 0.3 is 0 Å². The number of rotatable bonds is 4. The van der Waals surface area contributed by atoms with Gasteiger partial charge in [0.05, 0.1) is 43.4 Å². The van der Waals surface area contributed by atoms with Crippen LogP contribution in [0.2, 0.25) is 0 Å². The Morgan fingerprint density at radius 1 is 1.17 bits per heavy atom. The van der Waals surface area contributed by atoms with E-state index in [4.69, 9.17) is 9.47 Å². The topological polar surface area (TPSA) is 65.8 Å². The molecule has 1 fully saturated rings. The molecule has 0 spiro atoms. The van der Waals surface area contributed by atoms with Gasteiger partial charge in [-0.15, -0.1) is 0 Å². The van der Waals surface area contributed by atoms with Gasteiger partial charge in [-0.2, -0.15) is 5.26 Å². The van der Waals surface area contributed by atoms with Crippen molar-refractivity contribution in [2.75, 3.05) is 31.7 Å². The lowest BCUT2D eigenvalue weighted by molar-refractivity contribution is -0.129. The van der Waals surface area contributed by atoms with E-state index in [0.29, 0.717) is 29.6 Å². The van der Waals surface area contributed by atoms with E-state index in [2.05, 4.69) is 30.0 Å². The number of anilines is 1. The van der Waals surface area contributed by atoms with Crippen LogP contribution in [0.5, 0.6) is 11.5 Å². The molecule has 0 N–H and O–H groups in total. The lowest BCUT2D eigenvalue weighted by atomic mass is 9.86. The molecule has 0 radical (unpaired) electrons. The fourth-order valence-corrected chi connectivity index (χ4v) is 5.09. The third-order valence-corrected chi connectivity index (χ3v) is 6.63. The maximum Gasteiger partial charge on any atom is 0.229 e. The summed E-state index contributed by atoms with van der Waals surface area (Å²) in [7, 11) is 3.18. The number of methoxy groups -OCH3 is 2. The first-order valence-electron chi connectivity index (χ1n) is 9.66. The van der Waals surface area contributed by atoms with Gasteiger partial charge in [-0.05, 0) is 30.7 Å². The highest BCUT2D eigenvalue weighted by Crippen LogP contribution is 2.45. The van der Waals surface area contributed by atoms with Crippen LogP contribution in [-0.2, 0) is 4.79 Å². The summed E-state index contributed by atoms with van der Waals surface area (Å²) in [6, 6.07) is 16.1. The predicted molar refractivity (Wildman–Crippen MR) is 117 cm³/mol. The number of carbonyl (C=O) groups excluding carboxylic acids is 1. The van der Waals surface area contributed by atoms with E-state index in [1.165, 1.54) is 17.3 Å². The van der Waals surface area contributed by atoms with Crippen molar-refractivity contribution in [2.45, 2.75) is 19.3 Å². The molecular weight excluding hydrogens is 398 g/mol. The molecule has 7 heteroatoms. The molecule has 2 aromatic carbocycles. The average Bonchev–Trinajstić information content (AvgIpc) is 2.78. The zero-order valence-electron chi connectivity index (χ0n) is 17.2. The highest BCUT2D eigenvalue weighted by molar-refractivity contribution is 8.03. The van der Waals surface area contributed by atoms with Crippen LogP contribution in [0.1, 0.15) is 23.5 Å². The Hall–Kier alpha value is -3.11. The van der Waals surface area contributed by atoms with E-state index in [-0.39, 0.29) is 18.2 Å². The van der Waals surface area contributed by atoms with Gasteiger partial charge in [0, 0.05) is 29.7 Å². The standard InChI is InChI=1S/C23H23N3O3S/c1-15-5-4-6-16(9-15)25-13-26-22(27)11-19(20(12-24)23(26)30-14-25)18-8-7-17(28-2)10-21(18)29-3/h4-10,19H,11,13-14H2,1-3H3/t19-/m1/s1. The van der Waals surface area contributed by atoms with Crippen LogP contribution in [0.3, 0.4) is 0 Å². The number of amides is 1. The zero-order valence-corrected chi connectivity index (χ0v) is 18.0. The number of hydrogen-bond donors (Lipinski definition) is 0. The Bertz CT molecular complexity index is 1060. The monoisotopic (exact) mass is 421 g/mol. The molecule has 2 aliphatic rings. The van der Waals surface area contributed by atoms with E-state index in [9.17, 15) is 10.1 Å². The first-order valence-corrected chi connectivity index (χ1v) is 10.6. The van der Waals surface area contributed by atoms with Gasteiger partial charge in [-0.25, -0.2) is 0 Å². The van der Waals surface area contributed by atoms with Gasteiger partial charge < -0.3 is 14.4 Å². The summed E-state index contributed by atoms with van der Waals surface area (Å²) in [5.74, 6) is 1.66. The van der Waals surface area contributed by atoms with E-state index >= 15 is 0 Å². The molecule has 0 aliphatic carbocycles. The number of nitriles is 1. The first-order chi connectivity index (χ1) is 14.5. The molecule has 2 aromatic rings. The highest BCUT2D eigenvalue weighted by atomic mass is 32.2. The summed E-state index contributed by atoms with van der Waals surface area (Å²) >= 11 is 1.53. The maximum atomic E-state index is 13.1. The summed E-state index contributed by atoms with van der Waals surface area (Å²) in [5.41, 5.74) is 3.70. The van der Waals surface area contributed by atoms with E-state index in [0.717, 1.165) is 16.3 Å². The summed E-state index contributed by atoms with van der Waals surface area (Å²) in [6.45, 7) is 2.50. The number of benzene rings is 2. The minimum Gasteiger partial charge on any atom is -0.497 e. The fraction of sp³-hybridized carbons (Fsp3) is 0.304. The number of thioether (sulfide) groups is 1. The number of nitrogens with zero attached hydrogens (tertiary/aromatic N) is 3. The maximum absolute atomic E-state index is 13.1. The second-order valence-electron chi connectivity index (χ2n) is 7.31. The molecule has 2 aliphatic heterocycles. The van der Waals surface area contributed by atoms with Crippen molar-refractivity contribution in [3.05, 3.63) is 64.2 Å². The van der Waals surface area contributed by atoms with Gasteiger partial charge in [-0.3, -0.25) is 9.69 Å². The number of carbonyl (C=O) groups is 1. The minimum absolute atomic E-state index is 0.0109. The van der Waals surface area contributed by atoms with Crippen LogP contribution in [0.25, 0.3) is 0 Å². The molecule has 0 aromatic heterocycles. The summed E-state index contributed by atoms with van der Waals surface area (Å²) < 4.78 is 10.8. The lowest BCUT2D eigenvalue weighted by Gasteiger charge is -2.42. The second kappa shape index (κ2) is 8.33. The Labute approximate surface area is 180 Å². The van der Waals surface area contributed by atoms with Crippen molar-refractivity contribution in [3.8, 4) is 17.6 Å². The smallest absolute Gasteiger partial charge is 0.229 e. The van der Waals surface area contributed by atoms with Crippen LogP contribution in [-0.4, -0.2) is 37.6 Å². The number of fused-ring (bicyclic) bond motifs is 1. The molecule has 6 nitrogen and oxygen atoms in total. The number of aryl methyl sites for hydroxylation is 1. The largest absolute Gasteiger partial charge is 0.497 e. The van der Waals surface area contributed by atoms with Crippen molar-refractivity contribution in [3.63, 3.8) is 0 Å². The van der Waals surface area contributed by atoms with Gasteiger partial charge in [0.15, 0.2) is 0 Å². The SMILES string of the molecule is COc1ccc([C@H]2CC(=O)N3CN(c4cccc(C)c4)CSC3=C2C#N)c(OC)c1. The summed E-state index contributed by atoms with van der Waals surface area (Å²) in [6.07, 6.45) is 0.233. The number of ether oxygens (including phenoxy) is 2. The van der Waals surface area contributed by atoms with Crippen LogP contribution < -0.4 is 14.4 Å². The second-order valence-corrected chi connectivity index (χ2v) is 8.24. The molecule has 0 saturated carbocycles. The van der Waals surface area contributed by atoms with E-state index < -0.39 is 0 Å². The third-order valence-electron chi connectivity index (χ3n) is 5.48. The quantitative estimate of drug-likeness (QED) is 0.736. The van der Waals surface area contributed by atoms with Crippen LogP contribution in [0, 0.1) is 18.3 Å². The molecule has 4 rings (SSSR count). The van der Waals surface area contributed by atoms with Crippen molar-refractivity contribution < 1.29 is 14.3 Å². The normalized spacial score (nSPS) is 18.7. The van der Waals surface area contributed by atoms with Crippen molar-refractivity contribution in [1.82, 2.24) is 4.90 Å². The van der Waals surface area contributed by atoms with E-state index in [1.807, 2.05) is 24.3 Å². The molecule has 154 valence electrons. The fourth-order valence-electron chi connectivity index (χ4n) is 3.92. The summed E-state index contributed by atoms with van der Waals surface area (Å²) in [5, 5.41) is 10.7. The molecule has 1 atom stereocenters. The van der Waals surface area contributed by atoms with Crippen molar-refractivity contribution >= 4 is 23.4 Å². The van der Waals surface area contributed by atoms with Crippen LogP contribution in [0.15, 0.2) is 53.1 Å². The minimum atomic E-state index is -0.326. The van der Waals surface area contributed by atoms with Gasteiger partial charge in [0.25, 0.3) is 0 Å². The predicted octanol–water partition coefficient (Wildman–Crippen LogP) is 4.23. The van der Waals surface area contributed by atoms with Crippen molar-refractivity contribution in [2.24, 2.45) is 0 Å². The Kier molecular flexibility index (Phi) is 5.60. The number of hydrogen-bond acceptors (Lipinski definition) is 6. The highest BCUT2D eigenvalue weighted by Gasteiger charge is 2.39. The Morgan fingerprint density at radius 3 is 2.70 bits per heavy atom. The van der Waals surface area contributed by atoms with Crippen LogP contribution in [0.4, 0.5) is 5.69 Å². The molecule has 1 amide bonds. The van der Waals surface area contributed by atoms with Gasteiger partial charge in [-0.1, -0.05) is 30.0 Å². The van der Waals surface area contributed by atoms with Crippen molar-refractivity contribution in [1.29, 1.82) is 5.26 Å². The van der Waals surface area contributed by atoms with Crippen LogP contribution >= 0.6 is 11.8 Å². The third kappa shape index (κ3) is 3.59. The lowest BCUT2D eigenvalue weighted by Crippen LogP contribution is -2.47. The first kappa shape index (κ1) is 20.2. The van der Waals surface area contributed by atoms with E-state index in [1.54, 1.807) is 25.2 Å². The van der Waals surface area contributed by atoms with Gasteiger partial charge in [0.1, 0.15) is 11.5 Å². The molecule has 30 heavy (non-hydrogen) atoms. The summed E-state index contributed by atoms with van der Waals surface area (Å²) in [4.78, 5) is 17.0. The molecule has 0 unspecified atom stereocenters. The molecule has 0 bridgehead atoms. The molecule has 1 saturated heterocycles. The van der Waals surface area contributed by atoms with Gasteiger partial charge in [0.2, 0.25) is 5.91 Å². The number of allylic oxidation sites excluding steroid dienone is 1.